The van der Waals surface area contributed by atoms with E-state index in [9.17, 15) is 9.59 Å². The van der Waals surface area contributed by atoms with Crippen LogP contribution in [0.3, 0.4) is 0 Å². The summed E-state index contributed by atoms with van der Waals surface area (Å²) in [4.78, 5) is 24.6. The van der Waals surface area contributed by atoms with Crippen molar-refractivity contribution in [3.63, 3.8) is 0 Å². The molecular formula is C21H28O4. The fraction of sp³-hybridized carbons (Fsp3) is 0.810. The molecule has 3 saturated carbocycles. The molecule has 1 aliphatic heterocycles. The number of hydrogen-bond acceptors (Lipinski definition) is 4. The zero-order chi connectivity index (χ0) is 17.3. The van der Waals surface area contributed by atoms with E-state index in [2.05, 4.69) is 12.2 Å². The number of carbonyl (C=O) groups is 2. The topological polar surface area (TPSA) is 52.6 Å². The average Bonchev–Trinajstić information content (AvgIpc) is 3.33. The standard InChI is InChI=1S/C21H28O4/c1-21(2,16-4-3-5-17(22)24-16)25-20(23)15-10-13-9-14(15)19-12-7-6-11(8-12)18(13)19/h6-7,11-16,18-19H,3-5,8-10H2,1-2H3. The third kappa shape index (κ3) is 2.32. The monoisotopic (exact) mass is 344 g/mol. The number of carbonyl (C=O) groups excluding carboxylic acids is 2. The van der Waals surface area contributed by atoms with Gasteiger partial charge in [0.1, 0.15) is 11.7 Å². The molecule has 25 heavy (non-hydrogen) atoms. The predicted molar refractivity (Wildman–Crippen MR) is 91.3 cm³/mol. The van der Waals surface area contributed by atoms with Crippen LogP contribution in [0, 0.1) is 41.4 Å². The second kappa shape index (κ2) is 5.34. The van der Waals surface area contributed by atoms with Crippen LogP contribution >= 0.6 is 0 Å². The molecule has 136 valence electrons. The predicted octanol–water partition coefficient (Wildman–Crippen LogP) is 3.50. The Labute approximate surface area is 149 Å². The average molecular weight is 344 g/mol. The largest absolute Gasteiger partial charge is 0.458 e. The summed E-state index contributed by atoms with van der Waals surface area (Å²) in [6, 6.07) is 0. The van der Waals surface area contributed by atoms with Gasteiger partial charge in [-0.2, -0.15) is 0 Å². The highest BCUT2D eigenvalue weighted by Crippen LogP contribution is 2.67. The molecule has 4 nitrogen and oxygen atoms in total. The van der Waals surface area contributed by atoms with Crippen LogP contribution < -0.4 is 0 Å². The minimum atomic E-state index is -0.733. The number of allylic oxidation sites excluding steroid dienone is 2. The Bertz CT molecular complexity index is 636. The Morgan fingerprint density at radius 1 is 1.16 bits per heavy atom. The lowest BCUT2D eigenvalue weighted by Crippen LogP contribution is -2.47. The molecule has 4 aliphatic carbocycles. The zero-order valence-corrected chi connectivity index (χ0v) is 15.1. The Balaban J connectivity index is 1.28. The van der Waals surface area contributed by atoms with Crippen LogP contribution in [0.25, 0.3) is 0 Å². The third-order valence-corrected chi connectivity index (χ3v) is 7.83. The van der Waals surface area contributed by atoms with E-state index in [-0.39, 0.29) is 24.0 Å². The van der Waals surface area contributed by atoms with E-state index in [1.54, 1.807) is 0 Å². The number of ether oxygens (including phenoxy) is 2. The maximum Gasteiger partial charge on any atom is 0.309 e. The molecule has 4 fully saturated rings. The Hall–Kier alpha value is -1.32. The molecule has 8 unspecified atom stereocenters. The quantitative estimate of drug-likeness (QED) is 0.447. The summed E-state index contributed by atoms with van der Waals surface area (Å²) in [6.07, 6.45) is 10.1. The Morgan fingerprint density at radius 2 is 1.92 bits per heavy atom. The second-order valence-electron chi connectivity index (χ2n) is 9.50. The fourth-order valence-corrected chi connectivity index (χ4v) is 6.89. The summed E-state index contributed by atoms with van der Waals surface area (Å²) in [7, 11) is 0. The van der Waals surface area contributed by atoms with Crippen LogP contribution in [0.2, 0.25) is 0 Å². The molecule has 1 heterocycles. The van der Waals surface area contributed by atoms with E-state index in [4.69, 9.17) is 9.47 Å². The van der Waals surface area contributed by atoms with Crippen molar-refractivity contribution in [2.24, 2.45) is 41.4 Å². The second-order valence-corrected chi connectivity index (χ2v) is 9.50. The molecule has 0 aromatic heterocycles. The van der Waals surface area contributed by atoms with Crippen LogP contribution in [-0.2, 0) is 19.1 Å². The minimum Gasteiger partial charge on any atom is -0.458 e. The molecule has 0 amide bonds. The summed E-state index contributed by atoms with van der Waals surface area (Å²) in [5, 5.41) is 0. The van der Waals surface area contributed by atoms with Crippen molar-refractivity contribution >= 4 is 11.9 Å². The SMILES string of the molecule is CC(C)(OC(=O)C1CC2CC1C1C3C=CC(C3)C21)C1CCCC(=O)O1. The lowest BCUT2D eigenvalue weighted by Gasteiger charge is -2.39. The van der Waals surface area contributed by atoms with Crippen molar-refractivity contribution in [2.45, 2.75) is 64.1 Å². The highest BCUT2D eigenvalue weighted by molar-refractivity contribution is 5.74. The smallest absolute Gasteiger partial charge is 0.309 e. The van der Waals surface area contributed by atoms with E-state index in [0.717, 1.165) is 31.1 Å². The summed E-state index contributed by atoms with van der Waals surface area (Å²) in [5.41, 5.74) is -0.733. The maximum absolute atomic E-state index is 13.0. The van der Waals surface area contributed by atoms with Crippen LogP contribution in [0.4, 0.5) is 0 Å². The van der Waals surface area contributed by atoms with E-state index in [1.165, 1.54) is 12.8 Å². The number of fused-ring (bicyclic) bond motifs is 9. The van der Waals surface area contributed by atoms with Gasteiger partial charge in [0.15, 0.2) is 0 Å². The van der Waals surface area contributed by atoms with Gasteiger partial charge in [-0.15, -0.1) is 0 Å². The molecule has 0 N–H and O–H groups in total. The highest BCUT2D eigenvalue weighted by atomic mass is 16.6. The van der Waals surface area contributed by atoms with Crippen LogP contribution in [0.5, 0.6) is 0 Å². The minimum absolute atomic E-state index is 0.0516. The van der Waals surface area contributed by atoms with Crippen molar-refractivity contribution in [3.8, 4) is 0 Å². The van der Waals surface area contributed by atoms with Gasteiger partial charge in [0.25, 0.3) is 0 Å². The van der Waals surface area contributed by atoms with E-state index >= 15 is 0 Å². The number of cyclic esters (lactones) is 1. The number of esters is 2. The summed E-state index contributed by atoms with van der Waals surface area (Å²) in [5.74, 6) is 4.07. The van der Waals surface area contributed by atoms with Gasteiger partial charge >= 0.3 is 11.9 Å². The molecule has 8 atom stereocenters. The third-order valence-electron chi connectivity index (χ3n) is 7.83. The van der Waals surface area contributed by atoms with Gasteiger partial charge in [0, 0.05) is 6.42 Å². The number of hydrogen-bond donors (Lipinski definition) is 0. The molecule has 0 spiro atoms. The zero-order valence-electron chi connectivity index (χ0n) is 15.1. The molecule has 5 rings (SSSR count). The first-order valence-corrected chi connectivity index (χ1v) is 10.0. The van der Waals surface area contributed by atoms with Crippen molar-refractivity contribution in [1.29, 1.82) is 0 Å². The van der Waals surface area contributed by atoms with Gasteiger partial charge in [-0.25, -0.2) is 0 Å². The van der Waals surface area contributed by atoms with Gasteiger partial charge in [0.2, 0.25) is 0 Å². The van der Waals surface area contributed by atoms with Crippen LogP contribution in [0.15, 0.2) is 12.2 Å². The Morgan fingerprint density at radius 3 is 2.68 bits per heavy atom. The van der Waals surface area contributed by atoms with Gasteiger partial charge in [-0.3, -0.25) is 9.59 Å². The lowest BCUT2D eigenvalue weighted by molar-refractivity contribution is -0.191. The molecule has 1 saturated heterocycles. The fourth-order valence-electron chi connectivity index (χ4n) is 6.89. The van der Waals surface area contributed by atoms with Crippen molar-refractivity contribution in [2.75, 3.05) is 0 Å². The van der Waals surface area contributed by atoms with Gasteiger partial charge in [-0.05, 0) is 81.5 Å². The van der Waals surface area contributed by atoms with Crippen molar-refractivity contribution in [3.05, 3.63) is 12.2 Å². The van der Waals surface area contributed by atoms with E-state index in [0.29, 0.717) is 30.1 Å². The van der Waals surface area contributed by atoms with E-state index in [1.807, 2.05) is 13.8 Å². The summed E-state index contributed by atoms with van der Waals surface area (Å²) >= 11 is 0. The first-order chi connectivity index (χ1) is 11.9. The first-order valence-electron chi connectivity index (χ1n) is 10.0. The van der Waals surface area contributed by atoms with Crippen LogP contribution in [0.1, 0.15) is 52.4 Å². The van der Waals surface area contributed by atoms with Crippen molar-refractivity contribution < 1.29 is 19.1 Å². The lowest BCUT2D eigenvalue weighted by atomic mass is 9.69. The summed E-state index contributed by atoms with van der Waals surface area (Å²) < 4.78 is 11.4. The molecule has 0 radical (unpaired) electrons. The highest BCUT2D eigenvalue weighted by Gasteiger charge is 2.62. The van der Waals surface area contributed by atoms with Gasteiger partial charge in [-0.1, -0.05) is 12.2 Å². The molecule has 0 aromatic carbocycles. The molecular weight excluding hydrogens is 316 g/mol. The number of rotatable bonds is 3. The molecule has 5 aliphatic rings. The Kier molecular flexibility index (Phi) is 3.40. The van der Waals surface area contributed by atoms with Crippen LogP contribution in [-0.4, -0.2) is 23.6 Å². The van der Waals surface area contributed by atoms with Gasteiger partial charge in [0.05, 0.1) is 5.92 Å². The molecule has 0 aromatic rings. The molecule has 4 bridgehead atoms. The van der Waals surface area contributed by atoms with E-state index < -0.39 is 5.60 Å². The normalized spacial score (nSPS) is 47.0. The molecule has 4 heteroatoms. The first kappa shape index (κ1) is 15.9. The van der Waals surface area contributed by atoms with Gasteiger partial charge < -0.3 is 9.47 Å². The maximum atomic E-state index is 13.0. The summed E-state index contributed by atoms with van der Waals surface area (Å²) in [6.45, 7) is 3.79. The van der Waals surface area contributed by atoms with Crippen molar-refractivity contribution in [1.82, 2.24) is 0 Å².